The van der Waals surface area contributed by atoms with Crippen LogP contribution in [0, 0.1) is 0 Å². The van der Waals surface area contributed by atoms with E-state index in [1.165, 1.54) is 0 Å². The molecule has 0 radical (unpaired) electrons. The van der Waals surface area contributed by atoms with Gasteiger partial charge in [-0.25, -0.2) is 0 Å². The van der Waals surface area contributed by atoms with Crippen molar-refractivity contribution >= 4 is 28.4 Å². The van der Waals surface area contributed by atoms with Gasteiger partial charge in [0.05, 0.1) is 0 Å². The van der Waals surface area contributed by atoms with E-state index in [2.05, 4.69) is 6.58 Å². The maximum absolute atomic E-state index is 12.7. The summed E-state index contributed by atoms with van der Waals surface area (Å²) < 4.78 is 17.2. The molecule has 2 aromatic rings. The predicted octanol–water partition coefficient (Wildman–Crippen LogP) is 2.44. The maximum atomic E-state index is 12.7. The molecule has 0 aromatic heterocycles. The molecule has 2 rings (SSSR count). The third-order valence-electron chi connectivity index (χ3n) is 3.04. The van der Waals surface area contributed by atoms with Gasteiger partial charge in [-0.15, -0.1) is 0 Å². The van der Waals surface area contributed by atoms with Crippen molar-refractivity contribution < 1.29 is 19.0 Å². The average molecular weight is 426 g/mol. The molecule has 120 valence electrons. The molecule has 0 saturated heterocycles. The van der Waals surface area contributed by atoms with Crippen LogP contribution >= 0.6 is 0 Å². The second-order valence-electron chi connectivity index (χ2n) is 4.50. The molecule has 0 N–H and O–H groups in total. The second kappa shape index (κ2) is 8.61. The first-order valence-corrected chi connectivity index (χ1v) is 9.29. The topological polar surface area (TPSA) is 44.8 Å². The van der Waals surface area contributed by atoms with Crippen molar-refractivity contribution in [2.75, 3.05) is 20.8 Å². The summed E-state index contributed by atoms with van der Waals surface area (Å²) >= 11 is -1.13. The zero-order chi connectivity index (χ0) is 16.7. The molecule has 0 spiro atoms. The van der Waals surface area contributed by atoms with E-state index in [0.29, 0.717) is 29.4 Å². The molecular weight excluding hydrogens is 408 g/mol. The molecule has 0 aliphatic heterocycles. The molecule has 0 aliphatic carbocycles. The normalized spacial score (nSPS) is 10.0. The molecule has 5 heteroatoms. The molecule has 23 heavy (non-hydrogen) atoms. The molecule has 0 bridgehead atoms. The van der Waals surface area contributed by atoms with E-state index in [9.17, 15) is 4.79 Å². The standard InChI is InChI=1S/C18H18O4Te/c1-4-11-22-15-8-6-5-7-14(15)18(19)23-17-10-9-13(20-2)12-16(17)21-3/h4-10,12H,1,11H2,2-3H3. The number of carbonyl (C=O) groups is 1. The van der Waals surface area contributed by atoms with E-state index >= 15 is 0 Å². The monoisotopic (exact) mass is 428 g/mol. The second-order valence-corrected chi connectivity index (χ2v) is 7.40. The summed E-state index contributed by atoms with van der Waals surface area (Å²) in [6, 6.07) is 12.8. The number of carbonyl (C=O) groups excluding carboxylic acids is 1. The number of hydrogen-bond donors (Lipinski definition) is 0. The van der Waals surface area contributed by atoms with Crippen LogP contribution in [0.4, 0.5) is 0 Å². The van der Waals surface area contributed by atoms with Gasteiger partial charge in [-0.3, -0.25) is 0 Å². The van der Waals surface area contributed by atoms with Crippen molar-refractivity contribution in [3.05, 3.63) is 60.7 Å². The summed E-state index contributed by atoms with van der Waals surface area (Å²) in [5.41, 5.74) is 0.606. The SMILES string of the molecule is C=CCOc1ccccc1C(=O)[Te]c1ccc(OC)cc1OC. The van der Waals surface area contributed by atoms with E-state index in [1.54, 1.807) is 38.5 Å². The Labute approximate surface area is 146 Å². The van der Waals surface area contributed by atoms with Gasteiger partial charge in [-0.1, -0.05) is 0 Å². The van der Waals surface area contributed by atoms with Crippen molar-refractivity contribution in [2.45, 2.75) is 0 Å². The van der Waals surface area contributed by atoms with Gasteiger partial charge in [0, 0.05) is 0 Å². The third kappa shape index (κ3) is 4.51. The van der Waals surface area contributed by atoms with Crippen molar-refractivity contribution in [1.82, 2.24) is 0 Å². The van der Waals surface area contributed by atoms with E-state index in [-0.39, 0.29) is 3.83 Å². The Hall–Kier alpha value is -1.96. The van der Waals surface area contributed by atoms with Crippen LogP contribution in [0.15, 0.2) is 55.1 Å². The molecule has 2 aromatic carbocycles. The van der Waals surface area contributed by atoms with Gasteiger partial charge in [0.25, 0.3) is 0 Å². The van der Waals surface area contributed by atoms with Gasteiger partial charge in [0.2, 0.25) is 0 Å². The molecule has 0 atom stereocenters. The van der Waals surface area contributed by atoms with Crippen LogP contribution in [0.5, 0.6) is 17.2 Å². The number of ether oxygens (including phenoxy) is 3. The van der Waals surface area contributed by atoms with Crippen molar-refractivity contribution in [3.63, 3.8) is 0 Å². The molecule has 0 aliphatic rings. The van der Waals surface area contributed by atoms with E-state index in [1.807, 2.05) is 24.3 Å². The van der Waals surface area contributed by atoms with Gasteiger partial charge < -0.3 is 0 Å². The molecular formula is C18H18O4Te. The van der Waals surface area contributed by atoms with Crippen LogP contribution in [0.3, 0.4) is 0 Å². The summed E-state index contributed by atoms with van der Waals surface area (Å²) in [5.74, 6) is 1.99. The Morgan fingerprint density at radius 1 is 1.13 bits per heavy atom. The minimum absolute atomic E-state index is 0.0959. The fourth-order valence-electron chi connectivity index (χ4n) is 1.92. The molecule has 0 amide bonds. The summed E-state index contributed by atoms with van der Waals surface area (Å²) in [6.45, 7) is 4.00. The zero-order valence-corrected chi connectivity index (χ0v) is 15.4. The van der Waals surface area contributed by atoms with Gasteiger partial charge >= 0.3 is 146 Å². The van der Waals surface area contributed by atoms with Crippen LogP contribution in [-0.2, 0) is 0 Å². The predicted molar refractivity (Wildman–Crippen MR) is 91.4 cm³/mol. The Morgan fingerprint density at radius 3 is 2.61 bits per heavy atom. The van der Waals surface area contributed by atoms with Gasteiger partial charge in [0.15, 0.2) is 0 Å². The van der Waals surface area contributed by atoms with E-state index in [4.69, 9.17) is 14.2 Å². The average Bonchev–Trinajstić information content (AvgIpc) is 2.60. The van der Waals surface area contributed by atoms with Crippen LogP contribution in [-0.4, -0.2) is 45.6 Å². The quantitative estimate of drug-likeness (QED) is 0.481. The van der Waals surface area contributed by atoms with Crippen LogP contribution in [0.25, 0.3) is 0 Å². The Balaban J connectivity index is 2.24. The number of methoxy groups -OCH3 is 2. The van der Waals surface area contributed by atoms with Crippen molar-refractivity contribution in [1.29, 1.82) is 0 Å². The van der Waals surface area contributed by atoms with E-state index in [0.717, 1.165) is 3.61 Å². The summed E-state index contributed by atoms with van der Waals surface area (Å²) in [7, 11) is 3.19. The van der Waals surface area contributed by atoms with Gasteiger partial charge in [0.1, 0.15) is 0 Å². The summed E-state index contributed by atoms with van der Waals surface area (Å²) in [5, 5.41) is 0. The van der Waals surface area contributed by atoms with E-state index < -0.39 is 20.9 Å². The first-order valence-electron chi connectivity index (χ1n) is 6.96. The first-order chi connectivity index (χ1) is 11.2. The number of para-hydroxylation sites is 1. The fourth-order valence-corrected chi connectivity index (χ4v) is 4.37. The molecule has 0 unspecified atom stereocenters. The Morgan fingerprint density at radius 2 is 1.91 bits per heavy atom. The van der Waals surface area contributed by atoms with Crippen LogP contribution in [0.2, 0.25) is 0 Å². The minimum atomic E-state index is -1.13. The zero-order valence-electron chi connectivity index (χ0n) is 13.1. The molecule has 0 heterocycles. The number of hydrogen-bond acceptors (Lipinski definition) is 4. The molecule has 0 fully saturated rings. The summed E-state index contributed by atoms with van der Waals surface area (Å²) in [6.07, 6.45) is 1.66. The third-order valence-corrected chi connectivity index (χ3v) is 5.78. The Bertz CT molecular complexity index is 697. The van der Waals surface area contributed by atoms with Gasteiger partial charge in [-0.2, -0.15) is 0 Å². The number of rotatable bonds is 8. The number of benzene rings is 2. The van der Waals surface area contributed by atoms with Crippen molar-refractivity contribution in [2.24, 2.45) is 0 Å². The fraction of sp³-hybridized carbons (Fsp3) is 0.167. The van der Waals surface area contributed by atoms with Crippen LogP contribution in [0.1, 0.15) is 10.4 Å². The van der Waals surface area contributed by atoms with Gasteiger partial charge in [-0.05, 0) is 0 Å². The van der Waals surface area contributed by atoms with Crippen LogP contribution < -0.4 is 17.8 Å². The molecule has 4 nitrogen and oxygen atoms in total. The molecule has 0 saturated carbocycles. The van der Waals surface area contributed by atoms with Crippen molar-refractivity contribution in [3.8, 4) is 17.2 Å². The summed E-state index contributed by atoms with van der Waals surface area (Å²) in [4.78, 5) is 12.7. The first kappa shape index (κ1) is 17.4. The Kier molecular flexibility index (Phi) is 6.51.